The molecule has 3 rings (SSSR count). The Morgan fingerprint density at radius 1 is 1.24 bits per heavy atom. The SMILES string of the molecule is COc1ccccc1NCC(=O)N1c2ccccc2NC(=O)C[C@H]1C. The van der Waals surface area contributed by atoms with Crippen LogP contribution in [-0.2, 0) is 9.59 Å². The lowest BCUT2D eigenvalue weighted by Gasteiger charge is -2.28. The van der Waals surface area contributed by atoms with Crippen LogP contribution in [0.15, 0.2) is 48.5 Å². The highest BCUT2D eigenvalue weighted by molar-refractivity contribution is 6.05. The van der Waals surface area contributed by atoms with Crippen molar-refractivity contribution < 1.29 is 14.3 Å². The van der Waals surface area contributed by atoms with Gasteiger partial charge in [-0.1, -0.05) is 24.3 Å². The van der Waals surface area contributed by atoms with Crippen molar-refractivity contribution in [3.8, 4) is 5.75 Å². The summed E-state index contributed by atoms with van der Waals surface area (Å²) in [4.78, 5) is 26.6. The maximum absolute atomic E-state index is 12.9. The van der Waals surface area contributed by atoms with Gasteiger partial charge in [-0.25, -0.2) is 0 Å². The topological polar surface area (TPSA) is 70.7 Å². The molecule has 2 amide bonds. The molecule has 0 unspecified atom stereocenters. The van der Waals surface area contributed by atoms with E-state index in [-0.39, 0.29) is 30.8 Å². The summed E-state index contributed by atoms with van der Waals surface area (Å²) in [5.74, 6) is 0.478. The van der Waals surface area contributed by atoms with Crippen LogP contribution in [0, 0.1) is 0 Å². The van der Waals surface area contributed by atoms with Crippen molar-refractivity contribution in [3.05, 3.63) is 48.5 Å². The van der Waals surface area contributed by atoms with E-state index in [1.165, 1.54) is 0 Å². The maximum atomic E-state index is 12.9. The summed E-state index contributed by atoms with van der Waals surface area (Å²) in [5.41, 5.74) is 2.12. The highest BCUT2D eigenvalue weighted by atomic mass is 16.5. The minimum Gasteiger partial charge on any atom is -0.495 e. The number of hydrogen-bond acceptors (Lipinski definition) is 4. The summed E-state index contributed by atoms with van der Waals surface area (Å²) in [6.07, 6.45) is 0.259. The van der Waals surface area contributed by atoms with Crippen LogP contribution in [0.2, 0.25) is 0 Å². The molecule has 0 saturated heterocycles. The first kappa shape index (κ1) is 16.8. The number of hydrogen-bond donors (Lipinski definition) is 2. The van der Waals surface area contributed by atoms with Gasteiger partial charge in [0, 0.05) is 12.5 Å². The van der Waals surface area contributed by atoms with Crippen molar-refractivity contribution in [2.24, 2.45) is 0 Å². The zero-order chi connectivity index (χ0) is 17.8. The number of ether oxygens (including phenoxy) is 1. The smallest absolute Gasteiger partial charge is 0.246 e. The summed E-state index contributed by atoms with van der Waals surface area (Å²) in [7, 11) is 1.59. The van der Waals surface area contributed by atoms with Crippen molar-refractivity contribution in [3.63, 3.8) is 0 Å². The predicted molar refractivity (Wildman–Crippen MR) is 98.1 cm³/mol. The molecule has 1 heterocycles. The van der Waals surface area contributed by atoms with Crippen LogP contribution in [0.3, 0.4) is 0 Å². The molecule has 0 aliphatic carbocycles. The fourth-order valence-electron chi connectivity index (χ4n) is 3.01. The van der Waals surface area contributed by atoms with E-state index >= 15 is 0 Å². The molecule has 1 atom stereocenters. The van der Waals surface area contributed by atoms with E-state index in [1.54, 1.807) is 18.1 Å². The Kier molecular flexibility index (Phi) is 4.88. The first-order valence-corrected chi connectivity index (χ1v) is 8.18. The highest BCUT2D eigenvalue weighted by Crippen LogP contribution is 2.31. The maximum Gasteiger partial charge on any atom is 0.246 e. The summed E-state index contributed by atoms with van der Waals surface area (Å²) in [6, 6.07) is 14.6. The molecule has 2 aromatic carbocycles. The summed E-state index contributed by atoms with van der Waals surface area (Å²) in [5, 5.41) is 5.98. The molecule has 0 radical (unpaired) electrons. The minimum atomic E-state index is -0.226. The predicted octanol–water partition coefficient (Wildman–Crippen LogP) is 2.87. The average molecular weight is 339 g/mol. The number of carbonyl (C=O) groups is 2. The van der Waals surface area contributed by atoms with Gasteiger partial charge in [0.05, 0.1) is 30.7 Å². The van der Waals surface area contributed by atoms with E-state index in [9.17, 15) is 9.59 Å². The van der Waals surface area contributed by atoms with Crippen LogP contribution in [0.5, 0.6) is 5.75 Å². The number of benzene rings is 2. The Hall–Kier alpha value is -3.02. The lowest BCUT2D eigenvalue weighted by Crippen LogP contribution is -2.42. The van der Waals surface area contributed by atoms with Crippen LogP contribution in [-0.4, -0.2) is 31.5 Å². The third kappa shape index (κ3) is 3.57. The second-order valence-electron chi connectivity index (χ2n) is 5.94. The fourth-order valence-corrected chi connectivity index (χ4v) is 3.01. The third-order valence-electron chi connectivity index (χ3n) is 4.16. The van der Waals surface area contributed by atoms with Crippen molar-refractivity contribution in [1.82, 2.24) is 0 Å². The molecule has 1 aliphatic heterocycles. The van der Waals surface area contributed by atoms with Gasteiger partial charge in [0.15, 0.2) is 0 Å². The van der Waals surface area contributed by atoms with Crippen LogP contribution >= 0.6 is 0 Å². The first-order chi connectivity index (χ1) is 12.1. The molecule has 25 heavy (non-hydrogen) atoms. The van der Waals surface area contributed by atoms with E-state index in [2.05, 4.69) is 10.6 Å². The molecular weight excluding hydrogens is 318 g/mol. The lowest BCUT2D eigenvalue weighted by molar-refractivity contribution is -0.118. The Morgan fingerprint density at radius 2 is 1.96 bits per heavy atom. The third-order valence-corrected chi connectivity index (χ3v) is 4.16. The quantitative estimate of drug-likeness (QED) is 0.898. The number of rotatable bonds is 4. The average Bonchev–Trinajstić information content (AvgIpc) is 2.74. The molecule has 0 saturated carbocycles. The number of anilines is 3. The number of methoxy groups -OCH3 is 1. The van der Waals surface area contributed by atoms with E-state index in [0.29, 0.717) is 17.1 Å². The van der Waals surface area contributed by atoms with Gasteiger partial charge >= 0.3 is 0 Å². The summed E-state index contributed by atoms with van der Waals surface area (Å²) in [6.45, 7) is 1.98. The molecule has 0 aromatic heterocycles. The fraction of sp³-hybridized carbons (Fsp3) is 0.263. The number of amides is 2. The van der Waals surface area contributed by atoms with Gasteiger partial charge in [-0.05, 0) is 31.2 Å². The van der Waals surface area contributed by atoms with Crippen molar-refractivity contribution in [2.75, 3.05) is 29.2 Å². The largest absolute Gasteiger partial charge is 0.495 e. The number of fused-ring (bicyclic) bond motifs is 1. The Morgan fingerprint density at radius 3 is 2.76 bits per heavy atom. The first-order valence-electron chi connectivity index (χ1n) is 8.18. The molecular formula is C19H21N3O3. The molecule has 6 nitrogen and oxygen atoms in total. The molecule has 2 N–H and O–H groups in total. The van der Waals surface area contributed by atoms with Gasteiger partial charge in [0.2, 0.25) is 11.8 Å². The Bertz CT molecular complexity index is 791. The second-order valence-corrected chi connectivity index (χ2v) is 5.94. The number of nitrogens with zero attached hydrogens (tertiary/aromatic N) is 1. The van der Waals surface area contributed by atoms with E-state index in [0.717, 1.165) is 5.69 Å². The highest BCUT2D eigenvalue weighted by Gasteiger charge is 2.29. The zero-order valence-corrected chi connectivity index (χ0v) is 14.3. The molecule has 0 fully saturated rings. The minimum absolute atomic E-state index is 0.0899. The van der Waals surface area contributed by atoms with Crippen molar-refractivity contribution in [2.45, 2.75) is 19.4 Å². The Labute approximate surface area is 146 Å². The monoisotopic (exact) mass is 339 g/mol. The lowest BCUT2D eigenvalue weighted by atomic mass is 10.1. The van der Waals surface area contributed by atoms with Crippen LogP contribution in [0.4, 0.5) is 17.1 Å². The van der Waals surface area contributed by atoms with Crippen LogP contribution in [0.1, 0.15) is 13.3 Å². The van der Waals surface area contributed by atoms with Gasteiger partial charge in [0.1, 0.15) is 5.75 Å². The van der Waals surface area contributed by atoms with Crippen LogP contribution < -0.4 is 20.3 Å². The molecule has 1 aliphatic rings. The summed E-state index contributed by atoms with van der Waals surface area (Å²) < 4.78 is 5.29. The van der Waals surface area contributed by atoms with Gasteiger partial charge < -0.3 is 20.3 Å². The zero-order valence-electron chi connectivity index (χ0n) is 14.3. The molecule has 2 aromatic rings. The van der Waals surface area contributed by atoms with Gasteiger partial charge in [-0.15, -0.1) is 0 Å². The van der Waals surface area contributed by atoms with E-state index in [1.807, 2.05) is 49.4 Å². The van der Waals surface area contributed by atoms with Gasteiger partial charge in [-0.3, -0.25) is 9.59 Å². The molecule has 0 spiro atoms. The van der Waals surface area contributed by atoms with Crippen molar-refractivity contribution in [1.29, 1.82) is 0 Å². The normalized spacial score (nSPS) is 16.5. The number of carbonyl (C=O) groups excluding carboxylic acids is 2. The number of para-hydroxylation sites is 4. The van der Waals surface area contributed by atoms with Crippen molar-refractivity contribution >= 4 is 28.9 Å². The van der Waals surface area contributed by atoms with E-state index in [4.69, 9.17) is 4.74 Å². The molecule has 130 valence electrons. The van der Waals surface area contributed by atoms with E-state index < -0.39 is 0 Å². The summed E-state index contributed by atoms with van der Waals surface area (Å²) >= 11 is 0. The second kappa shape index (κ2) is 7.25. The van der Waals surface area contributed by atoms with Gasteiger partial charge in [0.25, 0.3) is 0 Å². The molecule has 6 heteroatoms. The molecule has 0 bridgehead atoms. The Balaban J connectivity index is 1.82. The van der Waals surface area contributed by atoms with Crippen LogP contribution in [0.25, 0.3) is 0 Å². The van der Waals surface area contributed by atoms with Gasteiger partial charge in [-0.2, -0.15) is 0 Å². The standard InChI is InChI=1S/C19H21N3O3/c1-13-11-18(23)21-14-7-3-5-9-16(14)22(13)19(24)12-20-15-8-4-6-10-17(15)25-2/h3-10,13,20H,11-12H2,1-2H3,(H,21,23)/t13-/m1/s1. The number of nitrogens with one attached hydrogen (secondary N) is 2.